The van der Waals surface area contributed by atoms with Gasteiger partial charge in [-0.15, -0.1) is 5.10 Å². The summed E-state index contributed by atoms with van der Waals surface area (Å²) < 4.78 is 1.85. The Morgan fingerprint density at radius 2 is 1.90 bits per heavy atom. The molecular formula is C16H23N3O. The summed E-state index contributed by atoms with van der Waals surface area (Å²) >= 11 is 0. The van der Waals surface area contributed by atoms with Crippen LogP contribution in [0.2, 0.25) is 0 Å². The summed E-state index contributed by atoms with van der Waals surface area (Å²) in [5, 5.41) is 17.7. The van der Waals surface area contributed by atoms with Gasteiger partial charge >= 0.3 is 0 Å². The lowest BCUT2D eigenvalue weighted by Crippen LogP contribution is -2.04. The zero-order valence-corrected chi connectivity index (χ0v) is 12.5. The second-order valence-electron chi connectivity index (χ2n) is 5.40. The quantitative estimate of drug-likeness (QED) is 0.879. The second kappa shape index (κ2) is 6.66. The van der Waals surface area contributed by atoms with E-state index >= 15 is 0 Å². The molecule has 1 aromatic heterocycles. The average Bonchev–Trinajstić information content (AvgIpc) is 2.88. The summed E-state index contributed by atoms with van der Waals surface area (Å²) in [6.45, 7) is 6.47. The van der Waals surface area contributed by atoms with E-state index in [0.29, 0.717) is 11.6 Å². The molecule has 0 atom stereocenters. The Balaban J connectivity index is 2.33. The van der Waals surface area contributed by atoms with E-state index in [9.17, 15) is 5.11 Å². The molecule has 0 unspecified atom stereocenters. The minimum absolute atomic E-state index is 0.0525. The minimum Gasteiger partial charge on any atom is -0.390 e. The molecule has 1 heterocycles. The van der Waals surface area contributed by atoms with Crippen LogP contribution in [0.3, 0.4) is 0 Å². The molecule has 0 saturated carbocycles. The zero-order chi connectivity index (χ0) is 14.5. The van der Waals surface area contributed by atoms with Crippen molar-refractivity contribution in [1.82, 2.24) is 15.0 Å². The van der Waals surface area contributed by atoms with Crippen LogP contribution in [0.1, 0.15) is 56.5 Å². The number of hydrogen-bond donors (Lipinski definition) is 1. The van der Waals surface area contributed by atoms with Crippen molar-refractivity contribution in [3.05, 3.63) is 41.2 Å². The van der Waals surface area contributed by atoms with Crippen molar-refractivity contribution in [2.75, 3.05) is 0 Å². The molecule has 0 aliphatic heterocycles. The van der Waals surface area contributed by atoms with Crippen molar-refractivity contribution in [1.29, 1.82) is 0 Å². The van der Waals surface area contributed by atoms with Gasteiger partial charge in [0, 0.05) is 0 Å². The predicted molar refractivity (Wildman–Crippen MR) is 80.0 cm³/mol. The Hall–Kier alpha value is -1.68. The maximum Gasteiger partial charge on any atom is 0.112 e. The molecule has 20 heavy (non-hydrogen) atoms. The normalized spacial score (nSPS) is 11.2. The molecule has 2 aromatic rings. The van der Waals surface area contributed by atoms with Crippen molar-refractivity contribution in [2.45, 2.75) is 52.6 Å². The van der Waals surface area contributed by atoms with E-state index in [1.807, 2.05) is 4.68 Å². The van der Waals surface area contributed by atoms with Crippen LogP contribution in [0.5, 0.6) is 0 Å². The van der Waals surface area contributed by atoms with E-state index < -0.39 is 0 Å². The highest BCUT2D eigenvalue weighted by Crippen LogP contribution is 2.19. The van der Waals surface area contributed by atoms with Gasteiger partial charge in [0.1, 0.15) is 5.69 Å². The summed E-state index contributed by atoms with van der Waals surface area (Å²) in [5.74, 6) is 0.521. The van der Waals surface area contributed by atoms with Crippen LogP contribution >= 0.6 is 0 Å². The van der Waals surface area contributed by atoms with Gasteiger partial charge < -0.3 is 5.11 Å². The van der Waals surface area contributed by atoms with Gasteiger partial charge in [-0.2, -0.15) is 0 Å². The maximum atomic E-state index is 9.38. The summed E-state index contributed by atoms with van der Waals surface area (Å²) in [6, 6.07) is 8.40. The molecular weight excluding hydrogens is 250 g/mol. The van der Waals surface area contributed by atoms with Gasteiger partial charge in [0.2, 0.25) is 0 Å². The summed E-state index contributed by atoms with van der Waals surface area (Å²) in [5.41, 5.74) is 4.03. The minimum atomic E-state index is -0.0525. The number of aliphatic hydroxyl groups excluding tert-OH is 1. The fraction of sp³-hybridized carbons (Fsp3) is 0.500. The molecule has 0 radical (unpaired) electrons. The highest BCUT2D eigenvalue weighted by atomic mass is 16.3. The summed E-state index contributed by atoms with van der Waals surface area (Å²) in [7, 11) is 0. The lowest BCUT2D eigenvalue weighted by Gasteiger charge is -2.09. The van der Waals surface area contributed by atoms with Crippen LogP contribution in [0, 0.1) is 0 Å². The van der Waals surface area contributed by atoms with E-state index in [1.165, 1.54) is 5.56 Å². The first-order valence-corrected chi connectivity index (χ1v) is 7.32. The van der Waals surface area contributed by atoms with Crippen LogP contribution < -0.4 is 0 Å². The number of rotatable bonds is 6. The van der Waals surface area contributed by atoms with E-state index in [1.54, 1.807) is 0 Å². The molecule has 1 aromatic carbocycles. The van der Waals surface area contributed by atoms with Crippen LogP contribution in [-0.2, 0) is 13.0 Å². The molecule has 0 amide bonds. The Kier molecular flexibility index (Phi) is 4.90. The standard InChI is InChI=1S/C16H23N3O/c1-4-5-6-16-15(11-20)17-18-19(16)14-9-7-13(8-10-14)12(2)3/h7-10,12,20H,4-6,11H2,1-3H3. The molecule has 0 fully saturated rings. The van der Waals surface area contributed by atoms with Crippen molar-refractivity contribution >= 4 is 0 Å². The van der Waals surface area contributed by atoms with Gasteiger partial charge in [-0.1, -0.05) is 44.5 Å². The molecule has 1 N–H and O–H groups in total. The lowest BCUT2D eigenvalue weighted by atomic mass is 10.0. The molecule has 4 heteroatoms. The van der Waals surface area contributed by atoms with Crippen molar-refractivity contribution in [2.24, 2.45) is 0 Å². The van der Waals surface area contributed by atoms with Gasteiger partial charge in [0.25, 0.3) is 0 Å². The van der Waals surface area contributed by atoms with E-state index in [-0.39, 0.29) is 6.61 Å². The first-order chi connectivity index (χ1) is 9.67. The SMILES string of the molecule is CCCCc1c(CO)nnn1-c1ccc(C(C)C)cc1. The van der Waals surface area contributed by atoms with Crippen LogP contribution in [-0.4, -0.2) is 20.1 Å². The Morgan fingerprint density at radius 3 is 2.45 bits per heavy atom. The smallest absolute Gasteiger partial charge is 0.112 e. The molecule has 0 spiro atoms. The van der Waals surface area contributed by atoms with Crippen LogP contribution in [0.25, 0.3) is 5.69 Å². The molecule has 0 aliphatic rings. The second-order valence-corrected chi connectivity index (χ2v) is 5.40. The van der Waals surface area contributed by atoms with Gasteiger partial charge in [-0.3, -0.25) is 0 Å². The highest BCUT2D eigenvalue weighted by Gasteiger charge is 2.13. The fourth-order valence-electron chi connectivity index (χ4n) is 2.26. The predicted octanol–water partition coefficient (Wildman–Crippen LogP) is 3.23. The third-order valence-electron chi connectivity index (χ3n) is 3.56. The molecule has 108 valence electrons. The molecule has 2 rings (SSSR count). The van der Waals surface area contributed by atoms with Gasteiger partial charge in [-0.25, -0.2) is 4.68 Å². The summed E-state index contributed by atoms with van der Waals surface area (Å²) in [4.78, 5) is 0. The molecule has 0 bridgehead atoms. The first kappa shape index (κ1) is 14.7. The number of hydrogen-bond acceptors (Lipinski definition) is 3. The van der Waals surface area contributed by atoms with E-state index in [4.69, 9.17) is 0 Å². The van der Waals surface area contributed by atoms with E-state index in [0.717, 1.165) is 30.6 Å². The van der Waals surface area contributed by atoms with E-state index in [2.05, 4.69) is 55.3 Å². The monoisotopic (exact) mass is 273 g/mol. The topological polar surface area (TPSA) is 50.9 Å². The number of aliphatic hydroxyl groups is 1. The Bertz CT molecular complexity index is 543. The first-order valence-electron chi connectivity index (χ1n) is 7.32. The maximum absolute atomic E-state index is 9.38. The van der Waals surface area contributed by atoms with Crippen LogP contribution in [0.4, 0.5) is 0 Å². The Morgan fingerprint density at radius 1 is 1.20 bits per heavy atom. The number of benzene rings is 1. The van der Waals surface area contributed by atoms with Crippen LogP contribution in [0.15, 0.2) is 24.3 Å². The number of nitrogens with zero attached hydrogens (tertiary/aromatic N) is 3. The molecule has 0 aliphatic carbocycles. The third kappa shape index (κ3) is 3.07. The number of aromatic nitrogens is 3. The molecule has 4 nitrogen and oxygen atoms in total. The van der Waals surface area contributed by atoms with Gasteiger partial charge in [-0.05, 0) is 36.5 Å². The zero-order valence-electron chi connectivity index (χ0n) is 12.5. The average molecular weight is 273 g/mol. The Labute approximate surface area is 120 Å². The summed E-state index contributed by atoms with van der Waals surface area (Å²) in [6.07, 6.45) is 3.08. The lowest BCUT2D eigenvalue weighted by molar-refractivity contribution is 0.275. The largest absolute Gasteiger partial charge is 0.390 e. The van der Waals surface area contributed by atoms with Crippen molar-refractivity contribution in [3.8, 4) is 5.69 Å². The van der Waals surface area contributed by atoms with Crippen molar-refractivity contribution < 1.29 is 5.11 Å². The van der Waals surface area contributed by atoms with Crippen molar-refractivity contribution in [3.63, 3.8) is 0 Å². The number of unbranched alkanes of at least 4 members (excludes halogenated alkanes) is 1. The highest BCUT2D eigenvalue weighted by molar-refractivity contribution is 5.37. The fourth-order valence-corrected chi connectivity index (χ4v) is 2.26. The van der Waals surface area contributed by atoms with Gasteiger partial charge in [0.05, 0.1) is 18.0 Å². The van der Waals surface area contributed by atoms with Gasteiger partial charge in [0.15, 0.2) is 0 Å². The third-order valence-corrected chi connectivity index (χ3v) is 3.56. The molecule has 0 saturated heterocycles.